The first-order valence-electron chi connectivity index (χ1n) is 8.80. The molecule has 1 aliphatic carbocycles. The minimum Gasteiger partial charge on any atom is -0.337 e. The first-order valence-corrected chi connectivity index (χ1v) is 8.80. The summed E-state index contributed by atoms with van der Waals surface area (Å²) in [6.45, 7) is 4.46. The minimum atomic E-state index is 0.0499. The number of piperidine rings is 1. The smallest absolute Gasteiger partial charge is 0.274 e. The monoisotopic (exact) mass is 328 g/mol. The van der Waals surface area contributed by atoms with Crippen LogP contribution in [-0.2, 0) is 13.6 Å². The van der Waals surface area contributed by atoms with Gasteiger partial charge in [0.1, 0.15) is 0 Å². The Labute approximate surface area is 141 Å². The van der Waals surface area contributed by atoms with Gasteiger partial charge in [-0.2, -0.15) is 5.10 Å². The normalized spacial score (nSPS) is 19.0. The van der Waals surface area contributed by atoms with E-state index in [-0.39, 0.29) is 5.91 Å². The number of nitrogens with zero attached hydrogens (tertiary/aromatic N) is 6. The van der Waals surface area contributed by atoms with Gasteiger partial charge >= 0.3 is 0 Å². The van der Waals surface area contributed by atoms with Gasteiger partial charge in [0.2, 0.25) is 0 Å². The number of likely N-dealkylation sites (tertiary alicyclic amines) is 1. The zero-order valence-corrected chi connectivity index (χ0v) is 14.4. The number of aryl methyl sites for hydroxylation is 2. The molecule has 0 radical (unpaired) electrons. The van der Waals surface area contributed by atoms with Gasteiger partial charge in [0.15, 0.2) is 5.69 Å². The maximum Gasteiger partial charge on any atom is 0.274 e. The molecule has 3 heterocycles. The number of rotatable bonds is 4. The molecule has 1 saturated heterocycles. The molecule has 7 nitrogen and oxygen atoms in total. The first kappa shape index (κ1) is 15.4. The standard InChI is InChI=1S/C17H24N6O/c1-12-9-15(19-21(12)2)17(24)22-7-5-13(6-8-22)10-23-11-16(18-20-23)14-3-4-14/h9,11,13-14H,3-8,10H2,1-2H3. The van der Waals surface area contributed by atoms with E-state index in [0.717, 1.165) is 43.9 Å². The van der Waals surface area contributed by atoms with Crippen molar-refractivity contribution in [3.05, 3.63) is 29.3 Å². The fourth-order valence-corrected chi connectivity index (χ4v) is 3.38. The lowest BCUT2D eigenvalue weighted by molar-refractivity contribution is 0.0674. The molecule has 2 aromatic rings. The van der Waals surface area contributed by atoms with E-state index in [1.807, 2.05) is 29.6 Å². The van der Waals surface area contributed by atoms with Crippen LogP contribution in [0.5, 0.6) is 0 Å². The van der Waals surface area contributed by atoms with Crippen LogP contribution in [0.4, 0.5) is 0 Å². The summed E-state index contributed by atoms with van der Waals surface area (Å²) in [4.78, 5) is 14.5. The van der Waals surface area contributed by atoms with Crippen LogP contribution in [0, 0.1) is 12.8 Å². The average molecular weight is 328 g/mol. The number of aromatic nitrogens is 5. The Hall–Kier alpha value is -2.18. The van der Waals surface area contributed by atoms with Crippen LogP contribution in [0.25, 0.3) is 0 Å². The van der Waals surface area contributed by atoms with Crippen molar-refractivity contribution in [2.24, 2.45) is 13.0 Å². The number of carbonyl (C=O) groups is 1. The highest BCUT2D eigenvalue weighted by molar-refractivity contribution is 5.92. The van der Waals surface area contributed by atoms with Crippen LogP contribution < -0.4 is 0 Å². The molecule has 0 N–H and O–H groups in total. The summed E-state index contributed by atoms with van der Waals surface area (Å²) in [5.74, 6) is 1.27. The molecule has 2 fully saturated rings. The summed E-state index contributed by atoms with van der Waals surface area (Å²) in [7, 11) is 1.87. The summed E-state index contributed by atoms with van der Waals surface area (Å²) in [6.07, 6.45) is 6.64. The lowest BCUT2D eigenvalue weighted by atomic mass is 9.96. The molecule has 0 aromatic carbocycles. The Morgan fingerprint density at radius 1 is 1.25 bits per heavy atom. The third-order valence-electron chi connectivity index (χ3n) is 5.23. The number of hydrogen-bond donors (Lipinski definition) is 0. The maximum atomic E-state index is 12.5. The maximum absolute atomic E-state index is 12.5. The molecule has 1 aliphatic heterocycles. The molecule has 4 rings (SSSR count). The molecule has 7 heteroatoms. The van der Waals surface area contributed by atoms with Crippen molar-refractivity contribution in [3.8, 4) is 0 Å². The topological polar surface area (TPSA) is 68.8 Å². The van der Waals surface area contributed by atoms with E-state index in [1.165, 1.54) is 12.8 Å². The third kappa shape index (κ3) is 3.07. The Bertz CT molecular complexity index is 717. The summed E-state index contributed by atoms with van der Waals surface area (Å²) in [5, 5.41) is 12.8. The van der Waals surface area contributed by atoms with E-state index in [9.17, 15) is 4.79 Å². The van der Waals surface area contributed by atoms with Crippen LogP contribution in [0.2, 0.25) is 0 Å². The zero-order chi connectivity index (χ0) is 16.7. The predicted molar refractivity (Wildman–Crippen MR) is 88.6 cm³/mol. The largest absolute Gasteiger partial charge is 0.337 e. The molecule has 0 bridgehead atoms. The van der Waals surface area contributed by atoms with Crippen molar-refractivity contribution < 1.29 is 4.79 Å². The van der Waals surface area contributed by atoms with Gasteiger partial charge < -0.3 is 4.90 Å². The van der Waals surface area contributed by atoms with Crippen molar-refractivity contribution in [1.82, 2.24) is 29.7 Å². The highest BCUT2D eigenvalue weighted by atomic mass is 16.2. The van der Waals surface area contributed by atoms with E-state index >= 15 is 0 Å². The fourth-order valence-electron chi connectivity index (χ4n) is 3.38. The summed E-state index contributed by atoms with van der Waals surface area (Å²) in [6, 6.07) is 1.86. The van der Waals surface area contributed by atoms with E-state index in [0.29, 0.717) is 17.5 Å². The molecule has 2 aliphatic rings. The SMILES string of the molecule is Cc1cc(C(=O)N2CCC(Cn3cc(C4CC4)nn3)CC2)nn1C. The molecule has 0 spiro atoms. The van der Waals surface area contributed by atoms with Gasteiger partial charge in [-0.1, -0.05) is 5.21 Å². The summed E-state index contributed by atoms with van der Waals surface area (Å²) >= 11 is 0. The molecule has 1 amide bonds. The molecule has 1 saturated carbocycles. The highest BCUT2D eigenvalue weighted by Gasteiger charge is 2.28. The zero-order valence-electron chi connectivity index (χ0n) is 14.4. The minimum absolute atomic E-state index is 0.0499. The second kappa shape index (κ2) is 6.03. The van der Waals surface area contributed by atoms with Crippen molar-refractivity contribution in [2.45, 2.75) is 45.1 Å². The highest BCUT2D eigenvalue weighted by Crippen LogP contribution is 2.38. The van der Waals surface area contributed by atoms with Crippen molar-refractivity contribution in [1.29, 1.82) is 0 Å². The van der Waals surface area contributed by atoms with Gasteiger partial charge in [-0.3, -0.25) is 14.2 Å². The lowest BCUT2D eigenvalue weighted by Gasteiger charge is -2.31. The van der Waals surface area contributed by atoms with E-state index < -0.39 is 0 Å². The first-order chi connectivity index (χ1) is 11.6. The Morgan fingerprint density at radius 3 is 2.62 bits per heavy atom. The van der Waals surface area contributed by atoms with Gasteiger partial charge in [-0.05, 0) is 44.6 Å². The molecule has 24 heavy (non-hydrogen) atoms. The van der Waals surface area contributed by atoms with Gasteiger partial charge in [0.25, 0.3) is 5.91 Å². The van der Waals surface area contributed by atoms with E-state index in [4.69, 9.17) is 0 Å². The van der Waals surface area contributed by atoms with Crippen LogP contribution >= 0.6 is 0 Å². The molecular formula is C17H24N6O. The van der Waals surface area contributed by atoms with Crippen molar-refractivity contribution >= 4 is 5.91 Å². The van der Waals surface area contributed by atoms with Crippen LogP contribution in [0.1, 0.15) is 53.5 Å². The summed E-state index contributed by atoms with van der Waals surface area (Å²) in [5.41, 5.74) is 2.71. The third-order valence-corrected chi connectivity index (χ3v) is 5.23. The molecule has 128 valence electrons. The molecule has 2 aromatic heterocycles. The Morgan fingerprint density at radius 2 is 2.00 bits per heavy atom. The van der Waals surface area contributed by atoms with Crippen LogP contribution in [0.15, 0.2) is 12.3 Å². The lowest BCUT2D eigenvalue weighted by Crippen LogP contribution is -2.39. The van der Waals surface area contributed by atoms with E-state index in [1.54, 1.807) is 4.68 Å². The van der Waals surface area contributed by atoms with Gasteiger partial charge in [0.05, 0.1) is 5.69 Å². The van der Waals surface area contributed by atoms with Gasteiger partial charge in [-0.25, -0.2) is 0 Å². The molecular weight excluding hydrogens is 304 g/mol. The van der Waals surface area contributed by atoms with Crippen molar-refractivity contribution in [2.75, 3.05) is 13.1 Å². The quantitative estimate of drug-likeness (QED) is 0.857. The fraction of sp³-hybridized carbons (Fsp3) is 0.647. The average Bonchev–Trinajstić information content (AvgIpc) is 3.24. The Kier molecular flexibility index (Phi) is 3.86. The Balaban J connectivity index is 1.31. The van der Waals surface area contributed by atoms with Crippen LogP contribution in [0.3, 0.4) is 0 Å². The van der Waals surface area contributed by atoms with Gasteiger partial charge in [0, 0.05) is 44.5 Å². The molecule has 0 atom stereocenters. The number of amides is 1. The number of hydrogen-bond acceptors (Lipinski definition) is 4. The predicted octanol–water partition coefficient (Wildman–Crippen LogP) is 1.75. The summed E-state index contributed by atoms with van der Waals surface area (Å²) < 4.78 is 3.74. The van der Waals surface area contributed by atoms with Crippen LogP contribution in [-0.4, -0.2) is 48.7 Å². The molecule has 0 unspecified atom stereocenters. The van der Waals surface area contributed by atoms with E-state index in [2.05, 4.69) is 21.6 Å². The second-order valence-electron chi connectivity index (χ2n) is 7.17. The second-order valence-corrected chi connectivity index (χ2v) is 7.17. The number of carbonyl (C=O) groups excluding carboxylic acids is 1. The van der Waals surface area contributed by atoms with Gasteiger partial charge in [-0.15, -0.1) is 5.10 Å². The van der Waals surface area contributed by atoms with Crippen molar-refractivity contribution in [3.63, 3.8) is 0 Å².